The Hall–Kier alpha value is -1.88. The molecule has 1 saturated heterocycles. The molecule has 5 heteroatoms. The third-order valence-corrected chi connectivity index (χ3v) is 3.43. The minimum Gasteiger partial charge on any atom is -0.307 e. The molecule has 0 saturated carbocycles. The average molecular weight is 245 g/mol. The molecular weight excluding hydrogens is 230 g/mol. The molecule has 1 aliphatic heterocycles. The predicted octanol–water partition coefficient (Wildman–Crippen LogP) is 0.962. The fraction of sp³-hybridized carbons (Fsp3) is 0.385. The minimum absolute atomic E-state index is 0.181. The van der Waals surface area contributed by atoms with Crippen LogP contribution in [0.15, 0.2) is 33.9 Å². The van der Waals surface area contributed by atoms with Crippen LogP contribution in [0.25, 0.3) is 10.9 Å². The Morgan fingerprint density at radius 2 is 2.00 bits per heavy atom. The Labute approximate surface area is 103 Å². The quantitative estimate of drug-likeness (QED) is 0.786. The largest absolute Gasteiger partial charge is 0.330 e. The highest BCUT2D eigenvalue weighted by atomic mass is 16.2. The third-order valence-electron chi connectivity index (χ3n) is 3.43. The van der Waals surface area contributed by atoms with Gasteiger partial charge in [-0.25, -0.2) is 9.36 Å². The summed E-state index contributed by atoms with van der Waals surface area (Å²) < 4.78 is 1.31. The summed E-state index contributed by atoms with van der Waals surface area (Å²) in [7, 11) is 0. The lowest BCUT2D eigenvalue weighted by molar-refractivity contribution is 0.306. The summed E-state index contributed by atoms with van der Waals surface area (Å²) in [5, 5.41) is 3.78. The minimum atomic E-state index is -0.335. The van der Waals surface area contributed by atoms with E-state index in [9.17, 15) is 9.59 Å². The van der Waals surface area contributed by atoms with E-state index in [0.29, 0.717) is 10.9 Å². The van der Waals surface area contributed by atoms with Gasteiger partial charge in [0.2, 0.25) is 0 Å². The first-order valence-corrected chi connectivity index (χ1v) is 6.24. The zero-order chi connectivity index (χ0) is 12.5. The second kappa shape index (κ2) is 4.42. The van der Waals surface area contributed by atoms with Crippen LogP contribution in [0.3, 0.4) is 0 Å². The number of hydrogen-bond donors (Lipinski definition) is 2. The SMILES string of the molecule is O=c1[nH]c2ccccc2c(=O)n1[C@@H]1CCCCN1. The summed E-state index contributed by atoms with van der Waals surface area (Å²) in [6.45, 7) is 0.851. The highest BCUT2D eigenvalue weighted by molar-refractivity contribution is 5.76. The van der Waals surface area contributed by atoms with Crippen molar-refractivity contribution >= 4 is 10.9 Å². The molecule has 0 spiro atoms. The van der Waals surface area contributed by atoms with Gasteiger partial charge >= 0.3 is 5.69 Å². The molecule has 94 valence electrons. The van der Waals surface area contributed by atoms with Gasteiger partial charge in [0.05, 0.1) is 17.1 Å². The van der Waals surface area contributed by atoms with Gasteiger partial charge in [0.15, 0.2) is 0 Å². The van der Waals surface area contributed by atoms with E-state index in [1.54, 1.807) is 24.3 Å². The van der Waals surface area contributed by atoms with Crippen molar-refractivity contribution in [2.24, 2.45) is 0 Å². The monoisotopic (exact) mass is 245 g/mol. The predicted molar refractivity (Wildman–Crippen MR) is 69.7 cm³/mol. The van der Waals surface area contributed by atoms with Crippen LogP contribution >= 0.6 is 0 Å². The van der Waals surface area contributed by atoms with Crippen molar-refractivity contribution in [3.05, 3.63) is 45.1 Å². The summed E-state index contributed by atoms with van der Waals surface area (Å²) in [5.74, 6) is 0. The van der Waals surface area contributed by atoms with Gasteiger partial charge in [-0.1, -0.05) is 12.1 Å². The van der Waals surface area contributed by atoms with E-state index in [1.165, 1.54) is 4.57 Å². The maximum absolute atomic E-state index is 12.4. The fourth-order valence-corrected chi connectivity index (χ4v) is 2.51. The Bertz CT molecular complexity index is 680. The number of nitrogens with one attached hydrogen (secondary N) is 2. The van der Waals surface area contributed by atoms with Gasteiger partial charge in [-0.15, -0.1) is 0 Å². The molecule has 1 aromatic heterocycles. The van der Waals surface area contributed by atoms with E-state index in [2.05, 4.69) is 10.3 Å². The summed E-state index contributed by atoms with van der Waals surface area (Å²) in [6, 6.07) is 7.10. The van der Waals surface area contributed by atoms with Crippen molar-refractivity contribution in [1.29, 1.82) is 0 Å². The first-order chi connectivity index (χ1) is 8.77. The van der Waals surface area contributed by atoms with E-state index in [0.717, 1.165) is 25.8 Å². The number of aromatic amines is 1. The van der Waals surface area contributed by atoms with Gasteiger partial charge < -0.3 is 4.98 Å². The topological polar surface area (TPSA) is 66.9 Å². The summed E-state index contributed by atoms with van der Waals surface area (Å²) in [6.07, 6.45) is 2.77. The van der Waals surface area contributed by atoms with E-state index in [4.69, 9.17) is 0 Å². The smallest absolute Gasteiger partial charge is 0.307 e. The molecule has 1 fully saturated rings. The lowest BCUT2D eigenvalue weighted by Gasteiger charge is -2.24. The molecule has 0 aliphatic carbocycles. The highest BCUT2D eigenvalue weighted by Crippen LogP contribution is 2.14. The van der Waals surface area contributed by atoms with Gasteiger partial charge in [0, 0.05) is 0 Å². The van der Waals surface area contributed by atoms with Gasteiger partial charge in [-0.2, -0.15) is 0 Å². The maximum atomic E-state index is 12.4. The van der Waals surface area contributed by atoms with Gasteiger partial charge in [0.25, 0.3) is 5.56 Å². The van der Waals surface area contributed by atoms with Gasteiger partial charge in [-0.3, -0.25) is 10.1 Å². The van der Waals surface area contributed by atoms with Crippen LogP contribution in [0.2, 0.25) is 0 Å². The van der Waals surface area contributed by atoms with Crippen molar-refractivity contribution in [3.8, 4) is 0 Å². The third kappa shape index (κ3) is 1.76. The fourth-order valence-electron chi connectivity index (χ4n) is 2.51. The number of fused-ring (bicyclic) bond motifs is 1. The van der Waals surface area contributed by atoms with Crippen LogP contribution in [0.1, 0.15) is 25.4 Å². The average Bonchev–Trinajstić information content (AvgIpc) is 2.40. The second-order valence-electron chi connectivity index (χ2n) is 4.62. The molecule has 1 aromatic carbocycles. The number of nitrogens with zero attached hydrogens (tertiary/aromatic N) is 1. The van der Waals surface area contributed by atoms with Gasteiger partial charge in [0.1, 0.15) is 0 Å². The number of hydrogen-bond acceptors (Lipinski definition) is 3. The Morgan fingerprint density at radius 3 is 2.78 bits per heavy atom. The zero-order valence-corrected chi connectivity index (χ0v) is 9.98. The number of piperidine rings is 1. The maximum Gasteiger partial charge on any atom is 0.330 e. The number of aromatic nitrogens is 2. The molecule has 0 unspecified atom stereocenters. The van der Waals surface area contributed by atoms with Crippen LogP contribution in [-0.4, -0.2) is 16.1 Å². The van der Waals surface area contributed by atoms with Crippen LogP contribution < -0.4 is 16.6 Å². The standard InChI is InChI=1S/C13H15N3O2/c17-12-9-5-1-2-6-10(9)15-13(18)16(12)11-7-3-4-8-14-11/h1-2,5-6,11,14H,3-4,7-8H2,(H,15,18)/t11-/m1/s1. The van der Waals surface area contributed by atoms with E-state index in [1.807, 2.05) is 0 Å². The van der Waals surface area contributed by atoms with Crippen molar-refractivity contribution in [2.45, 2.75) is 25.4 Å². The molecule has 0 bridgehead atoms. The van der Waals surface area contributed by atoms with Gasteiger partial charge in [-0.05, 0) is 37.9 Å². The summed E-state index contributed by atoms with van der Waals surface area (Å²) in [5.41, 5.74) is 0.0476. The second-order valence-corrected chi connectivity index (χ2v) is 4.62. The first kappa shape index (κ1) is 11.2. The molecule has 1 aliphatic rings. The van der Waals surface area contributed by atoms with E-state index in [-0.39, 0.29) is 17.4 Å². The molecule has 0 amide bonds. The lowest BCUT2D eigenvalue weighted by Crippen LogP contribution is -2.45. The van der Waals surface area contributed by atoms with Crippen molar-refractivity contribution < 1.29 is 0 Å². The number of rotatable bonds is 1. The molecular formula is C13H15N3O2. The van der Waals surface area contributed by atoms with Crippen molar-refractivity contribution in [1.82, 2.24) is 14.9 Å². The summed E-state index contributed by atoms with van der Waals surface area (Å²) >= 11 is 0. The van der Waals surface area contributed by atoms with E-state index >= 15 is 0 Å². The van der Waals surface area contributed by atoms with Crippen LogP contribution in [-0.2, 0) is 0 Å². The molecule has 5 nitrogen and oxygen atoms in total. The Morgan fingerprint density at radius 1 is 1.17 bits per heavy atom. The molecule has 2 N–H and O–H groups in total. The number of H-pyrrole nitrogens is 1. The van der Waals surface area contributed by atoms with Crippen LogP contribution in [0.5, 0.6) is 0 Å². The molecule has 18 heavy (non-hydrogen) atoms. The van der Waals surface area contributed by atoms with Crippen LogP contribution in [0.4, 0.5) is 0 Å². The van der Waals surface area contributed by atoms with Crippen molar-refractivity contribution in [2.75, 3.05) is 6.54 Å². The Balaban J connectivity index is 2.22. The number of benzene rings is 1. The first-order valence-electron chi connectivity index (χ1n) is 6.24. The van der Waals surface area contributed by atoms with Crippen LogP contribution in [0, 0.1) is 0 Å². The molecule has 0 radical (unpaired) electrons. The molecule has 1 atom stereocenters. The molecule has 2 aromatic rings. The highest BCUT2D eigenvalue weighted by Gasteiger charge is 2.19. The lowest BCUT2D eigenvalue weighted by atomic mass is 10.1. The molecule has 2 heterocycles. The normalized spacial score (nSPS) is 20.1. The van der Waals surface area contributed by atoms with Crippen molar-refractivity contribution in [3.63, 3.8) is 0 Å². The zero-order valence-electron chi connectivity index (χ0n) is 9.98. The molecule has 3 rings (SSSR count). The number of para-hydroxylation sites is 1. The van der Waals surface area contributed by atoms with E-state index < -0.39 is 0 Å². The Kier molecular flexibility index (Phi) is 2.76. The summed E-state index contributed by atoms with van der Waals surface area (Å²) in [4.78, 5) is 27.1.